The maximum absolute atomic E-state index is 8.00. The molecule has 4 aromatic rings. The molecule has 0 bridgehead atoms. The summed E-state index contributed by atoms with van der Waals surface area (Å²) in [7, 11) is 0. The monoisotopic (exact) mass is 264 g/mol. The van der Waals surface area contributed by atoms with E-state index in [-0.39, 0.29) is 0 Å². The first kappa shape index (κ1) is 7.85. The highest BCUT2D eigenvalue weighted by Crippen LogP contribution is 2.32. The van der Waals surface area contributed by atoms with Gasteiger partial charge in [-0.05, 0) is 24.3 Å². The molecule has 0 unspecified atom stereocenters. The second-order valence-electron chi connectivity index (χ2n) is 5.11. The first-order chi connectivity index (χ1) is 11.1. The van der Waals surface area contributed by atoms with Gasteiger partial charge in [0.05, 0.1) is 16.8 Å². The number of aryl methyl sites for hydroxylation is 1. The zero-order valence-electron chi connectivity index (χ0n) is 13.6. The van der Waals surface area contributed by atoms with E-state index in [0.717, 1.165) is 22.5 Å². The van der Waals surface area contributed by atoms with Crippen LogP contribution in [0.15, 0.2) is 48.9 Å². The number of hydrogen-bond donors (Lipinski definition) is 0. The smallest absolute Gasteiger partial charge is 0.255 e. The maximum Gasteiger partial charge on any atom is 0.255 e. The van der Waals surface area contributed by atoms with Crippen molar-refractivity contribution in [3.05, 3.63) is 54.6 Å². The van der Waals surface area contributed by atoms with Gasteiger partial charge in [-0.3, -0.25) is 4.98 Å². The highest BCUT2D eigenvalue weighted by Gasteiger charge is 2.32. The van der Waals surface area contributed by atoms with Crippen LogP contribution in [-0.4, -0.2) is 14.0 Å². The Balaban J connectivity index is 2.02. The number of pyridine rings is 1. The summed E-state index contributed by atoms with van der Waals surface area (Å²) in [6.45, 7) is -1.58. The summed E-state index contributed by atoms with van der Waals surface area (Å²) in [5, 5.41) is 0. The highest BCUT2D eigenvalue weighted by atomic mass is 15.2. The minimum Gasteiger partial charge on any atom is -0.304 e. The number of aromatic nitrogens is 4. The van der Waals surface area contributed by atoms with E-state index in [1.807, 2.05) is 47.1 Å². The summed E-state index contributed by atoms with van der Waals surface area (Å²) in [5.41, 5.74) is 5.20. The van der Waals surface area contributed by atoms with Crippen LogP contribution in [0.5, 0.6) is 0 Å². The number of hydrogen-bond acceptors (Lipinski definition) is 1. The third-order valence-corrected chi connectivity index (χ3v) is 4.04. The molecule has 0 atom stereocenters. The summed E-state index contributed by atoms with van der Waals surface area (Å²) in [6, 6.07) is 11.5. The third kappa shape index (κ3) is 1.04. The van der Waals surface area contributed by atoms with Crippen LogP contribution in [0.3, 0.4) is 0 Å². The van der Waals surface area contributed by atoms with E-state index in [9.17, 15) is 0 Å². The molecule has 0 amide bonds. The van der Waals surface area contributed by atoms with E-state index in [2.05, 4.69) is 9.55 Å². The van der Waals surface area contributed by atoms with Crippen LogP contribution >= 0.6 is 0 Å². The largest absolute Gasteiger partial charge is 0.304 e. The quantitative estimate of drug-likeness (QED) is 0.394. The average Bonchev–Trinajstić information content (AvgIpc) is 3.12. The Kier molecular flexibility index (Phi) is 1.29. The molecule has 1 aliphatic heterocycles. The number of rotatable bonds is 0. The molecule has 3 aromatic heterocycles. The van der Waals surface area contributed by atoms with Crippen molar-refractivity contribution in [3.8, 4) is 11.3 Å². The minimum atomic E-state index is -2.25. The second-order valence-corrected chi connectivity index (χ2v) is 5.11. The summed E-state index contributed by atoms with van der Waals surface area (Å²) in [4.78, 5) is 4.42. The van der Waals surface area contributed by atoms with E-state index in [1.165, 1.54) is 4.57 Å². The Morgan fingerprint density at radius 1 is 1.20 bits per heavy atom. The van der Waals surface area contributed by atoms with E-state index >= 15 is 0 Å². The van der Waals surface area contributed by atoms with Crippen molar-refractivity contribution in [2.24, 2.45) is 6.98 Å². The van der Waals surface area contributed by atoms with Gasteiger partial charge in [0.25, 0.3) is 12.0 Å². The normalized spacial score (nSPS) is 15.9. The number of nitrogens with zero attached hydrogens (tertiary/aromatic N) is 4. The van der Waals surface area contributed by atoms with Crippen LogP contribution in [0.25, 0.3) is 27.9 Å². The van der Waals surface area contributed by atoms with Gasteiger partial charge in [0.15, 0.2) is 5.52 Å². The van der Waals surface area contributed by atoms with E-state index in [0.29, 0.717) is 17.7 Å². The Bertz CT molecular complexity index is 1090. The van der Waals surface area contributed by atoms with Gasteiger partial charge in [0, 0.05) is 17.3 Å². The summed E-state index contributed by atoms with van der Waals surface area (Å²) >= 11 is 0. The molecule has 5 rings (SSSR count). The van der Waals surface area contributed by atoms with Gasteiger partial charge in [0.2, 0.25) is 5.69 Å². The molecule has 0 fully saturated rings. The molecule has 0 saturated heterocycles. The molecular formula is C16H13N4+. The van der Waals surface area contributed by atoms with Crippen molar-refractivity contribution >= 4 is 16.7 Å². The lowest BCUT2D eigenvalue weighted by Gasteiger charge is -1.95. The second kappa shape index (κ2) is 3.28. The van der Waals surface area contributed by atoms with Gasteiger partial charge in [0.1, 0.15) is 6.54 Å². The first-order valence-corrected chi connectivity index (χ1v) is 6.54. The van der Waals surface area contributed by atoms with Crippen LogP contribution in [0.1, 0.15) is 9.81 Å². The fraction of sp³-hybridized carbons (Fsp3) is 0.125. The molecule has 20 heavy (non-hydrogen) atoms. The molecule has 0 aliphatic carbocycles. The average molecular weight is 264 g/mol. The zero-order valence-corrected chi connectivity index (χ0v) is 10.6. The van der Waals surface area contributed by atoms with E-state index in [4.69, 9.17) is 4.11 Å². The molecule has 1 aromatic carbocycles. The van der Waals surface area contributed by atoms with Crippen LogP contribution in [0.2, 0.25) is 0 Å². The molecule has 0 radical (unpaired) electrons. The van der Waals surface area contributed by atoms with Gasteiger partial charge >= 0.3 is 0 Å². The third-order valence-electron chi connectivity index (χ3n) is 4.04. The van der Waals surface area contributed by atoms with Gasteiger partial charge in [-0.25, -0.2) is 4.57 Å². The lowest BCUT2D eigenvalue weighted by Crippen LogP contribution is -2.29. The zero-order chi connectivity index (χ0) is 15.8. The summed E-state index contributed by atoms with van der Waals surface area (Å²) < 4.78 is 29.5. The summed E-state index contributed by atoms with van der Waals surface area (Å²) in [6.07, 6.45) is 3.74. The molecule has 0 spiro atoms. The van der Waals surface area contributed by atoms with Crippen molar-refractivity contribution < 1.29 is 8.68 Å². The van der Waals surface area contributed by atoms with Gasteiger partial charge < -0.3 is 4.57 Å². The molecule has 96 valence electrons. The number of benzene rings is 1. The Hall–Kier alpha value is -2.62. The highest BCUT2D eigenvalue weighted by molar-refractivity contribution is 5.87. The van der Waals surface area contributed by atoms with Crippen LogP contribution in [-0.2, 0) is 13.5 Å². The Morgan fingerprint density at radius 3 is 3.00 bits per heavy atom. The predicted molar refractivity (Wildman–Crippen MR) is 76.4 cm³/mol. The lowest BCUT2D eigenvalue weighted by atomic mass is 10.2. The van der Waals surface area contributed by atoms with Crippen LogP contribution in [0.4, 0.5) is 0 Å². The SMILES string of the molecule is [2H]C([2H])([2H])n1c2ccccc2n2c[n+]3c(c12)-c1cccnc1C3. The molecule has 0 N–H and O–H groups in total. The van der Waals surface area contributed by atoms with Crippen molar-refractivity contribution in [2.75, 3.05) is 0 Å². The number of para-hydroxylation sites is 2. The van der Waals surface area contributed by atoms with Gasteiger partial charge in [-0.2, -0.15) is 4.40 Å². The number of fused-ring (bicyclic) bond motifs is 7. The van der Waals surface area contributed by atoms with Crippen LogP contribution in [0, 0.1) is 0 Å². The Labute approximate surface area is 119 Å². The van der Waals surface area contributed by atoms with E-state index in [1.54, 1.807) is 6.20 Å². The molecule has 1 aliphatic rings. The van der Waals surface area contributed by atoms with Gasteiger partial charge in [-0.15, -0.1) is 0 Å². The molecular weight excluding hydrogens is 248 g/mol. The minimum absolute atomic E-state index is 0.669. The van der Waals surface area contributed by atoms with Gasteiger partial charge in [-0.1, -0.05) is 12.1 Å². The lowest BCUT2D eigenvalue weighted by molar-refractivity contribution is -0.671. The van der Waals surface area contributed by atoms with Crippen LogP contribution < -0.4 is 4.57 Å². The summed E-state index contributed by atoms with van der Waals surface area (Å²) in [5.74, 6) is 0. The van der Waals surface area contributed by atoms with Crippen molar-refractivity contribution in [1.29, 1.82) is 0 Å². The topological polar surface area (TPSA) is 26.1 Å². The molecule has 4 heterocycles. The van der Waals surface area contributed by atoms with E-state index < -0.39 is 6.98 Å². The number of imidazole rings is 2. The van der Waals surface area contributed by atoms with Crippen molar-refractivity contribution in [1.82, 2.24) is 14.0 Å². The standard InChI is InChI=1S/C16H13N4/c1-18-13-6-2-3-7-14(13)20-10-19-9-12-11(5-4-8-17-12)15(19)16(18)20/h2-8,10H,9H2,1H3/q+1/i1D3. The molecule has 4 nitrogen and oxygen atoms in total. The fourth-order valence-corrected chi connectivity index (χ4v) is 3.19. The van der Waals surface area contributed by atoms with Crippen molar-refractivity contribution in [3.63, 3.8) is 0 Å². The van der Waals surface area contributed by atoms with Crippen molar-refractivity contribution in [2.45, 2.75) is 6.54 Å². The molecule has 4 heteroatoms. The first-order valence-electron chi connectivity index (χ1n) is 8.04. The maximum atomic E-state index is 8.00. The predicted octanol–water partition coefficient (Wildman–Crippen LogP) is 2.14. The Morgan fingerprint density at radius 2 is 2.10 bits per heavy atom. The molecule has 0 saturated carbocycles. The fourth-order valence-electron chi connectivity index (χ4n) is 3.19.